The van der Waals surface area contributed by atoms with Crippen molar-refractivity contribution in [2.45, 2.75) is 0 Å². The second kappa shape index (κ2) is 5.34. The summed E-state index contributed by atoms with van der Waals surface area (Å²) in [5, 5.41) is 0.698. The highest BCUT2D eigenvalue weighted by atomic mass is 35.5. The van der Waals surface area contributed by atoms with Gasteiger partial charge in [0.25, 0.3) is 0 Å². The van der Waals surface area contributed by atoms with Crippen molar-refractivity contribution in [3.8, 4) is 0 Å². The Labute approximate surface area is 115 Å². The molecule has 1 heterocycles. The van der Waals surface area contributed by atoms with Crippen molar-refractivity contribution in [3.05, 3.63) is 28.2 Å². The molecular formula is C11H11Cl3N2O. The summed E-state index contributed by atoms with van der Waals surface area (Å²) in [6, 6.07) is 5.53. The minimum absolute atomic E-state index is 0.390. The summed E-state index contributed by atoms with van der Waals surface area (Å²) in [6.07, 6.45) is 0. The average Bonchev–Trinajstić information content (AvgIpc) is 2.33. The van der Waals surface area contributed by atoms with Gasteiger partial charge in [-0.15, -0.1) is 0 Å². The first-order valence-corrected chi connectivity index (χ1v) is 6.36. The summed E-state index contributed by atoms with van der Waals surface area (Å²) in [5.41, 5.74) is 1.01. The van der Waals surface area contributed by atoms with Crippen molar-refractivity contribution in [2.24, 2.45) is 0 Å². The molecule has 6 heteroatoms. The molecule has 1 fully saturated rings. The minimum Gasteiger partial charge on any atom is -0.368 e. The van der Waals surface area contributed by atoms with Gasteiger partial charge in [0.05, 0.1) is 10.0 Å². The van der Waals surface area contributed by atoms with Crippen LogP contribution in [0.3, 0.4) is 0 Å². The lowest BCUT2D eigenvalue weighted by Crippen LogP contribution is -2.47. The Morgan fingerprint density at radius 2 is 1.71 bits per heavy atom. The van der Waals surface area contributed by atoms with Crippen LogP contribution in [0.1, 0.15) is 0 Å². The largest absolute Gasteiger partial charge is 0.368 e. The summed E-state index contributed by atoms with van der Waals surface area (Å²) in [4.78, 5) is 14.7. The van der Waals surface area contributed by atoms with Crippen LogP contribution in [-0.4, -0.2) is 36.4 Å². The van der Waals surface area contributed by atoms with Gasteiger partial charge in [-0.05, 0) is 29.8 Å². The number of piperazine rings is 1. The Bertz CT molecular complexity index is 431. The maximum Gasteiger partial charge on any atom is 0.316 e. The number of hydrogen-bond donors (Lipinski definition) is 0. The highest BCUT2D eigenvalue weighted by Gasteiger charge is 2.20. The maximum atomic E-state index is 11.0. The summed E-state index contributed by atoms with van der Waals surface area (Å²) in [5.74, 6) is 0. The highest BCUT2D eigenvalue weighted by Crippen LogP contribution is 2.27. The highest BCUT2D eigenvalue weighted by molar-refractivity contribution is 6.62. The van der Waals surface area contributed by atoms with E-state index in [2.05, 4.69) is 4.90 Å². The van der Waals surface area contributed by atoms with E-state index < -0.39 is 5.37 Å². The number of carbonyl (C=O) groups excluding carboxylic acids is 1. The lowest BCUT2D eigenvalue weighted by atomic mass is 10.2. The van der Waals surface area contributed by atoms with Gasteiger partial charge >= 0.3 is 5.37 Å². The van der Waals surface area contributed by atoms with E-state index in [1.54, 1.807) is 11.0 Å². The monoisotopic (exact) mass is 292 g/mol. The standard InChI is InChI=1S/C11H11Cl3N2O/c12-9-2-1-8(7-10(9)13)15-3-5-16(6-4-15)11(14)17/h1-2,7H,3-6H2. The molecule has 92 valence electrons. The number of carbonyl (C=O) groups is 1. The third kappa shape index (κ3) is 2.97. The van der Waals surface area contributed by atoms with Gasteiger partial charge in [-0.2, -0.15) is 0 Å². The van der Waals surface area contributed by atoms with Crippen molar-refractivity contribution >= 4 is 45.9 Å². The summed E-state index contributed by atoms with van der Waals surface area (Å²) in [6.45, 7) is 2.75. The van der Waals surface area contributed by atoms with Gasteiger partial charge in [-0.25, -0.2) is 0 Å². The summed E-state index contributed by atoms with van der Waals surface area (Å²) >= 11 is 17.3. The smallest absolute Gasteiger partial charge is 0.316 e. The zero-order valence-corrected chi connectivity index (χ0v) is 11.3. The molecular weight excluding hydrogens is 282 g/mol. The number of nitrogens with zero attached hydrogens (tertiary/aromatic N) is 2. The van der Waals surface area contributed by atoms with Gasteiger partial charge < -0.3 is 9.80 Å². The van der Waals surface area contributed by atoms with Crippen LogP contribution < -0.4 is 4.90 Å². The molecule has 0 spiro atoms. The first-order chi connectivity index (χ1) is 8.08. The Kier molecular flexibility index (Phi) is 4.02. The number of rotatable bonds is 1. The predicted octanol–water partition coefficient (Wildman–Crippen LogP) is 3.47. The molecule has 0 aromatic heterocycles. The lowest BCUT2D eigenvalue weighted by Gasteiger charge is -2.35. The van der Waals surface area contributed by atoms with Crippen LogP contribution in [0.5, 0.6) is 0 Å². The van der Waals surface area contributed by atoms with Crippen LogP contribution in [0.4, 0.5) is 10.5 Å². The van der Waals surface area contributed by atoms with Crippen LogP contribution in [0.2, 0.25) is 10.0 Å². The minimum atomic E-state index is -0.390. The topological polar surface area (TPSA) is 23.6 Å². The zero-order valence-electron chi connectivity index (χ0n) is 9.00. The van der Waals surface area contributed by atoms with Crippen LogP contribution in [0.15, 0.2) is 18.2 Å². The van der Waals surface area contributed by atoms with Crippen molar-refractivity contribution in [2.75, 3.05) is 31.1 Å². The summed E-state index contributed by atoms with van der Waals surface area (Å²) in [7, 11) is 0. The van der Waals surface area contributed by atoms with Crippen molar-refractivity contribution in [1.82, 2.24) is 4.90 Å². The van der Waals surface area contributed by atoms with Gasteiger partial charge in [0, 0.05) is 31.9 Å². The van der Waals surface area contributed by atoms with Crippen molar-refractivity contribution in [1.29, 1.82) is 0 Å². The Morgan fingerprint density at radius 3 is 2.24 bits per heavy atom. The second-order valence-electron chi connectivity index (χ2n) is 3.83. The molecule has 0 radical (unpaired) electrons. The molecule has 1 amide bonds. The number of amides is 1. The molecule has 0 atom stereocenters. The molecule has 17 heavy (non-hydrogen) atoms. The van der Waals surface area contributed by atoms with E-state index in [4.69, 9.17) is 34.8 Å². The lowest BCUT2D eigenvalue weighted by molar-refractivity contribution is 0.218. The molecule has 1 aromatic rings. The van der Waals surface area contributed by atoms with E-state index >= 15 is 0 Å². The third-order valence-corrected chi connectivity index (χ3v) is 3.77. The molecule has 1 aliphatic heterocycles. The van der Waals surface area contributed by atoms with Gasteiger partial charge in [-0.1, -0.05) is 23.2 Å². The first kappa shape index (κ1) is 12.8. The van der Waals surface area contributed by atoms with Gasteiger partial charge in [-0.3, -0.25) is 4.79 Å². The number of halogens is 3. The SMILES string of the molecule is O=C(Cl)N1CCN(c2ccc(Cl)c(Cl)c2)CC1. The van der Waals surface area contributed by atoms with Crippen LogP contribution >= 0.6 is 34.8 Å². The van der Waals surface area contributed by atoms with E-state index in [1.807, 2.05) is 12.1 Å². The van der Waals surface area contributed by atoms with Crippen molar-refractivity contribution < 1.29 is 4.79 Å². The molecule has 0 unspecified atom stereocenters. The summed E-state index contributed by atoms with van der Waals surface area (Å²) < 4.78 is 0. The molecule has 0 saturated carbocycles. The second-order valence-corrected chi connectivity index (χ2v) is 4.96. The fourth-order valence-electron chi connectivity index (χ4n) is 1.82. The Hall–Kier alpha value is -0.640. The molecule has 3 nitrogen and oxygen atoms in total. The number of benzene rings is 1. The quantitative estimate of drug-likeness (QED) is 0.585. The molecule has 0 N–H and O–H groups in total. The molecule has 0 bridgehead atoms. The Balaban J connectivity index is 2.05. The molecule has 1 saturated heterocycles. The number of hydrogen-bond acceptors (Lipinski definition) is 2. The third-order valence-electron chi connectivity index (χ3n) is 2.80. The maximum absolute atomic E-state index is 11.0. The van der Waals surface area contributed by atoms with Crippen LogP contribution in [-0.2, 0) is 0 Å². The van der Waals surface area contributed by atoms with Crippen LogP contribution in [0.25, 0.3) is 0 Å². The fraction of sp³-hybridized carbons (Fsp3) is 0.364. The Morgan fingerprint density at radius 1 is 1.06 bits per heavy atom. The van der Waals surface area contributed by atoms with E-state index in [9.17, 15) is 4.79 Å². The normalized spacial score (nSPS) is 16.2. The predicted molar refractivity (Wildman–Crippen MR) is 71.5 cm³/mol. The van der Waals surface area contributed by atoms with Crippen LogP contribution in [0, 0.1) is 0 Å². The first-order valence-electron chi connectivity index (χ1n) is 5.22. The molecule has 2 rings (SSSR count). The van der Waals surface area contributed by atoms with E-state index in [-0.39, 0.29) is 0 Å². The van der Waals surface area contributed by atoms with Crippen molar-refractivity contribution in [3.63, 3.8) is 0 Å². The van der Waals surface area contributed by atoms with Gasteiger partial charge in [0.15, 0.2) is 0 Å². The molecule has 0 aliphatic carbocycles. The van der Waals surface area contributed by atoms with Gasteiger partial charge in [0.2, 0.25) is 0 Å². The van der Waals surface area contributed by atoms with Gasteiger partial charge in [0.1, 0.15) is 0 Å². The van der Waals surface area contributed by atoms with E-state index in [0.29, 0.717) is 23.1 Å². The molecule has 1 aliphatic rings. The van der Waals surface area contributed by atoms with E-state index in [0.717, 1.165) is 18.8 Å². The number of anilines is 1. The van der Waals surface area contributed by atoms with E-state index in [1.165, 1.54) is 0 Å². The average molecular weight is 294 g/mol. The zero-order chi connectivity index (χ0) is 12.4. The molecule has 1 aromatic carbocycles. The fourth-order valence-corrected chi connectivity index (χ4v) is 2.28.